The van der Waals surface area contributed by atoms with Gasteiger partial charge in [-0.3, -0.25) is 0 Å². The van der Waals surface area contributed by atoms with Gasteiger partial charge in [0.1, 0.15) is 0 Å². The highest BCUT2D eigenvalue weighted by Crippen LogP contribution is 2.70. The third kappa shape index (κ3) is 1.96. The molecule has 0 aromatic heterocycles. The third-order valence-corrected chi connectivity index (χ3v) is 7.03. The molecule has 3 fully saturated rings. The molecule has 1 nitrogen and oxygen atoms in total. The molecule has 3 saturated carbocycles. The van der Waals surface area contributed by atoms with Gasteiger partial charge in [-0.05, 0) is 68.1 Å². The van der Waals surface area contributed by atoms with Crippen LogP contribution in [-0.4, -0.2) is 6.61 Å². The molecule has 0 aliphatic heterocycles. The van der Waals surface area contributed by atoms with Crippen LogP contribution in [0.3, 0.4) is 0 Å². The summed E-state index contributed by atoms with van der Waals surface area (Å²) in [7, 11) is 0. The van der Waals surface area contributed by atoms with E-state index in [-0.39, 0.29) is 0 Å². The number of hydrogen-bond acceptors (Lipinski definition) is 1. The smallest absolute Gasteiger partial charge is 0.0952 e. The topological polar surface area (TPSA) is 9.23 Å². The fraction of sp³-hybridized carbons (Fsp3) is 0.895. The summed E-state index contributed by atoms with van der Waals surface area (Å²) in [6.07, 6.45) is 9.67. The van der Waals surface area contributed by atoms with E-state index in [1.165, 1.54) is 44.9 Å². The summed E-state index contributed by atoms with van der Waals surface area (Å²) in [5, 5.41) is 0. The number of fused-ring (bicyclic) bond motifs is 2. The van der Waals surface area contributed by atoms with E-state index < -0.39 is 0 Å². The second-order valence-electron chi connectivity index (χ2n) is 8.80. The van der Waals surface area contributed by atoms with E-state index in [0.717, 1.165) is 24.2 Å². The zero-order valence-corrected chi connectivity index (χ0v) is 13.9. The van der Waals surface area contributed by atoms with E-state index in [2.05, 4.69) is 34.3 Å². The highest BCUT2D eigenvalue weighted by atomic mass is 16.5. The molecular weight excluding hydrogens is 244 g/mol. The average molecular weight is 276 g/mol. The second-order valence-corrected chi connectivity index (χ2v) is 8.80. The summed E-state index contributed by atoms with van der Waals surface area (Å²) in [5.74, 6) is 2.83. The van der Waals surface area contributed by atoms with Crippen molar-refractivity contribution in [1.29, 1.82) is 0 Å². The Balaban J connectivity index is 1.93. The zero-order chi connectivity index (χ0) is 14.6. The summed E-state index contributed by atoms with van der Waals surface area (Å²) >= 11 is 0. The van der Waals surface area contributed by atoms with Crippen LogP contribution in [0.15, 0.2) is 12.3 Å². The minimum absolute atomic E-state index is 0.297. The van der Waals surface area contributed by atoms with Crippen molar-refractivity contribution in [2.75, 3.05) is 6.61 Å². The van der Waals surface area contributed by atoms with Gasteiger partial charge in [-0.1, -0.05) is 33.8 Å². The van der Waals surface area contributed by atoms with Crippen LogP contribution in [0.25, 0.3) is 0 Å². The first-order valence-corrected chi connectivity index (χ1v) is 8.65. The molecule has 3 aliphatic rings. The van der Waals surface area contributed by atoms with E-state index in [1.54, 1.807) is 0 Å². The lowest BCUT2D eigenvalue weighted by atomic mass is 9.52. The van der Waals surface area contributed by atoms with Gasteiger partial charge in [0.05, 0.1) is 12.4 Å². The predicted octanol–water partition coefficient (Wildman–Crippen LogP) is 5.56. The lowest BCUT2D eigenvalue weighted by Crippen LogP contribution is -2.45. The summed E-state index contributed by atoms with van der Waals surface area (Å²) in [6.45, 7) is 14.7. The van der Waals surface area contributed by atoms with Crippen LogP contribution in [-0.2, 0) is 4.74 Å². The van der Waals surface area contributed by atoms with Crippen LogP contribution in [0, 0.1) is 28.1 Å². The normalized spacial score (nSPS) is 45.8. The van der Waals surface area contributed by atoms with E-state index in [1.807, 2.05) is 0 Å². The number of rotatable bonds is 4. The molecule has 0 heterocycles. The van der Waals surface area contributed by atoms with Crippen molar-refractivity contribution in [2.45, 2.75) is 72.6 Å². The first kappa shape index (κ1) is 14.5. The van der Waals surface area contributed by atoms with Gasteiger partial charge in [-0.2, -0.15) is 0 Å². The first-order chi connectivity index (χ1) is 9.33. The van der Waals surface area contributed by atoms with Crippen LogP contribution in [0.1, 0.15) is 72.6 Å². The van der Waals surface area contributed by atoms with E-state index >= 15 is 0 Å². The van der Waals surface area contributed by atoms with Crippen LogP contribution < -0.4 is 0 Å². The van der Waals surface area contributed by atoms with Gasteiger partial charge in [0.2, 0.25) is 0 Å². The second kappa shape index (κ2) is 4.52. The van der Waals surface area contributed by atoms with Crippen molar-refractivity contribution >= 4 is 0 Å². The molecule has 114 valence electrons. The Bertz CT molecular complexity index is 410. The molecule has 2 bridgehead atoms. The molecule has 0 N–H and O–H groups in total. The average Bonchev–Trinajstić information content (AvgIpc) is 2.56. The van der Waals surface area contributed by atoms with Crippen LogP contribution in [0.2, 0.25) is 0 Å². The van der Waals surface area contributed by atoms with Gasteiger partial charge in [0.25, 0.3) is 0 Å². The van der Waals surface area contributed by atoms with Crippen molar-refractivity contribution in [3.8, 4) is 0 Å². The summed E-state index contributed by atoms with van der Waals surface area (Å²) < 4.78 is 5.97. The third-order valence-electron chi connectivity index (χ3n) is 7.03. The molecule has 0 amide bonds. The highest BCUT2D eigenvalue weighted by molar-refractivity contribution is 5.19. The summed E-state index contributed by atoms with van der Waals surface area (Å²) in [6, 6.07) is 0. The Morgan fingerprint density at radius 1 is 1.15 bits per heavy atom. The molecular formula is C19H32O. The molecule has 4 unspecified atom stereocenters. The maximum Gasteiger partial charge on any atom is 0.0952 e. The van der Waals surface area contributed by atoms with Crippen molar-refractivity contribution in [3.05, 3.63) is 12.3 Å². The lowest BCUT2D eigenvalue weighted by molar-refractivity contribution is -0.0376. The zero-order valence-electron chi connectivity index (χ0n) is 13.9. The molecule has 0 spiro atoms. The minimum Gasteiger partial charge on any atom is -0.498 e. The van der Waals surface area contributed by atoms with Gasteiger partial charge in [0.15, 0.2) is 0 Å². The van der Waals surface area contributed by atoms with Crippen LogP contribution >= 0.6 is 0 Å². The first-order valence-electron chi connectivity index (χ1n) is 8.65. The van der Waals surface area contributed by atoms with Gasteiger partial charge >= 0.3 is 0 Å². The number of ether oxygens (including phenoxy) is 1. The standard InChI is InChI=1S/C19H32O/c1-6-20-14(2)19-10-7-9-18(5,13-19)12-16(19)15-8-11-17(15,3)4/h15-16H,2,6-13H2,1,3-5H3. The Morgan fingerprint density at radius 2 is 1.90 bits per heavy atom. The SMILES string of the molecule is C=C(OCC)C12CCCC(C)(CC1C1CCC1(C)C)C2. The maximum absolute atomic E-state index is 5.97. The molecule has 1 heteroatoms. The number of hydrogen-bond donors (Lipinski definition) is 0. The van der Waals surface area contributed by atoms with E-state index in [9.17, 15) is 0 Å². The molecule has 20 heavy (non-hydrogen) atoms. The predicted molar refractivity (Wildman–Crippen MR) is 84.4 cm³/mol. The van der Waals surface area contributed by atoms with Gasteiger partial charge in [-0.15, -0.1) is 0 Å². The lowest BCUT2D eigenvalue weighted by Gasteiger charge is -2.53. The van der Waals surface area contributed by atoms with Crippen molar-refractivity contribution in [1.82, 2.24) is 0 Å². The molecule has 0 aromatic rings. The fourth-order valence-electron chi connectivity index (χ4n) is 5.91. The van der Waals surface area contributed by atoms with Gasteiger partial charge < -0.3 is 4.74 Å². The molecule has 0 radical (unpaired) electrons. The summed E-state index contributed by atoms with van der Waals surface area (Å²) in [4.78, 5) is 0. The molecule has 3 rings (SSSR count). The Labute approximate surface area is 125 Å². The van der Waals surface area contributed by atoms with Crippen LogP contribution in [0.5, 0.6) is 0 Å². The van der Waals surface area contributed by atoms with Crippen LogP contribution in [0.4, 0.5) is 0 Å². The highest BCUT2D eigenvalue weighted by Gasteiger charge is 2.61. The van der Waals surface area contributed by atoms with E-state index in [4.69, 9.17) is 4.74 Å². The number of allylic oxidation sites excluding steroid dienone is 1. The largest absolute Gasteiger partial charge is 0.498 e. The Morgan fingerprint density at radius 3 is 2.45 bits per heavy atom. The maximum atomic E-state index is 5.97. The monoisotopic (exact) mass is 276 g/mol. The summed E-state index contributed by atoms with van der Waals surface area (Å²) in [5.41, 5.74) is 1.39. The quantitative estimate of drug-likeness (QED) is 0.611. The molecule has 4 atom stereocenters. The van der Waals surface area contributed by atoms with E-state index in [0.29, 0.717) is 16.2 Å². The van der Waals surface area contributed by atoms with Gasteiger partial charge in [0, 0.05) is 5.41 Å². The molecule has 0 saturated heterocycles. The van der Waals surface area contributed by atoms with Crippen molar-refractivity contribution in [3.63, 3.8) is 0 Å². The Kier molecular flexibility index (Phi) is 3.27. The van der Waals surface area contributed by atoms with Crippen molar-refractivity contribution in [2.24, 2.45) is 28.1 Å². The molecule has 3 aliphatic carbocycles. The Hall–Kier alpha value is -0.460. The van der Waals surface area contributed by atoms with Gasteiger partial charge in [-0.25, -0.2) is 0 Å². The van der Waals surface area contributed by atoms with Crippen molar-refractivity contribution < 1.29 is 4.74 Å². The molecule has 0 aromatic carbocycles. The fourth-order valence-corrected chi connectivity index (χ4v) is 5.91. The minimum atomic E-state index is 0.297.